The molecule has 1 aliphatic rings. The summed E-state index contributed by atoms with van der Waals surface area (Å²) in [5.41, 5.74) is 13.1. The predicted molar refractivity (Wildman–Crippen MR) is 266 cm³/mol. The molecule has 0 bridgehead atoms. The number of nitrogens with zero attached hydrogens (tertiary/aromatic N) is 3. The molecule has 2 aromatic heterocycles. The number of aromatic nitrogens is 1. The highest BCUT2D eigenvalue weighted by atomic mass is 32.1. The molecule has 4 nitrogen and oxygen atoms in total. The molecular weight excluding hydrogens is 785 g/mol. The Kier molecular flexibility index (Phi) is 9.05. The summed E-state index contributed by atoms with van der Waals surface area (Å²) >= 11 is 1.87. The van der Waals surface area contributed by atoms with Crippen molar-refractivity contribution in [3.63, 3.8) is 0 Å². The number of nitrogens with one attached hydrogen (secondary N) is 1. The molecule has 11 aromatic rings. The Bertz CT molecular complexity index is 3580. The molecule has 0 spiro atoms. The Labute approximate surface area is 369 Å². The summed E-state index contributed by atoms with van der Waals surface area (Å²) in [6, 6.07) is 77.4. The van der Waals surface area contributed by atoms with Crippen molar-refractivity contribution < 1.29 is 0 Å². The van der Waals surface area contributed by atoms with Gasteiger partial charge >= 0.3 is 0 Å². The third-order valence-electron chi connectivity index (χ3n) is 12.1. The maximum atomic E-state index is 5.25. The van der Waals surface area contributed by atoms with Gasteiger partial charge in [0, 0.05) is 53.0 Å². The van der Waals surface area contributed by atoms with Crippen molar-refractivity contribution in [2.45, 2.75) is 6.17 Å². The lowest BCUT2D eigenvalue weighted by atomic mass is 9.97. The number of hydrogen-bond acceptors (Lipinski definition) is 5. The number of amidine groups is 2. The van der Waals surface area contributed by atoms with Gasteiger partial charge in [-0.25, -0.2) is 15.0 Å². The van der Waals surface area contributed by atoms with Gasteiger partial charge in [0.1, 0.15) is 12.0 Å². The summed E-state index contributed by atoms with van der Waals surface area (Å²) in [4.78, 5) is 15.6. The molecule has 63 heavy (non-hydrogen) atoms. The lowest BCUT2D eigenvalue weighted by Crippen LogP contribution is -2.33. The lowest BCUT2D eigenvalue weighted by Gasteiger charge is -2.24. The molecule has 1 N–H and O–H groups in total. The molecule has 0 saturated heterocycles. The third-order valence-corrected chi connectivity index (χ3v) is 13.3. The number of benzene rings is 9. The highest BCUT2D eigenvalue weighted by molar-refractivity contribution is 7.26. The van der Waals surface area contributed by atoms with Crippen LogP contribution < -0.4 is 5.32 Å². The molecule has 0 aliphatic carbocycles. The van der Waals surface area contributed by atoms with Gasteiger partial charge in [-0.05, 0) is 69.3 Å². The van der Waals surface area contributed by atoms with Crippen molar-refractivity contribution >= 4 is 64.9 Å². The van der Waals surface area contributed by atoms with Gasteiger partial charge in [0.25, 0.3) is 0 Å². The van der Waals surface area contributed by atoms with Gasteiger partial charge in [0.15, 0.2) is 5.84 Å². The summed E-state index contributed by atoms with van der Waals surface area (Å²) < 4.78 is 2.56. The van der Waals surface area contributed by atoms with E-state index in [4.69, 9.17) is 15.0 Å². The van der Waals surface area contributed by atoms with E-state index in [-0.39, 0.29) is 6.17 Å². The van der Waals surface area contributed by atoms with Crippen LogP contribution in [-0.2, 0) is 0 Å². The normalized spacial score (nSPS) is 13.9. The molecule has 0 radical (unpaired) electrons. The molecule has 0 fully saturated rings. The van der Waals surface area contributed by atoms with E-state index in [1.54, 1.807) is 0 Å². The smallest absolute Gasteiger partial charge is 0.159 e. The van der Waals surface area contributed by atoms with E-state index >= 15 is 0 Å². The lowest BCUT2D eigenvalue weighted by molar-refractivity contribution is 0.674. The van der Waals surface area contributed by atoms with Crippen LogP contribution in [-0.4, -0.2) is 16.7 Å². The zero-order valence-electron chi connectivity index (χ0n) is 34.1. The third kappa shape index (κ3) is 6.76. The first-order valence-electron chi connectivity index (χ1n) is 21.3. The van der Waals surface area contributed by atoms with Gasteiger partial charge in [-0.1, -0.05) is 188 Å². The van der Waals surface area contributed by atoms with Crippen molar-refractivity contribution in [1.29, 1.82) is 0 Å². The van der Waals surface area contributed by atoms with Crippen LogP contribution in [0.3, 0.4) is 0 Å². The fourth-order valence-electron chi connectivity index (χ4n) is 8.97. The first-order valence-corrected chi connectivity index (χ1v) is 22.1. The van der Waals surface area contributed by atoms with E-state index in [0.717, 1.165) is 61.6 Å². The Morgan fingerprint density at radius 1 is 0.397 bits per heavy atom. The van der Waals surface area contributed by atoms with Crippen LogP contribution in [0.5, 0.6) is 0 Å². The number of pyridine rings is 1. The van der Waals surface area contributed by atoms with Crippen LogP contribution in [0, 0.1) is 0 Å². The average Bonchev–Trinajstić information content (AvgIpc) is 3.75. The first kappa shape index (κ1) is 36.8. The molecule has 3 heterocycles. The summed E-state index contributed by atoms with van der Waals surface area (Å²) in [5, 5.41) is 9.87. The second-order valence-electron chi connectivity index (χ2n) is 16.0. The number of thiophene rings is 1. The predicted octanol–water partition coefficient (Wildman–Crippen LogP) is 14.9. The van der Waals surface area contributed by atoms with Gasteiger partial charge in [-0.3, -0.25) is 0 Å². The van der Waals surface area contributed by atoms with Gasteiger partial charge < -0.3 is 5.32 Å². The van der Waals surface area contributed by atoms with Crippen molar-refractivity contribution in [2.75, 3.05) is 0 Å². The molecule has 1 atom stereocenters. The summed E-state index contributed by atoms with van der Waals surface area (Å²) in [7, 11) is 0. The van der Waals surface area contributed by atoms with Crippen LogP contribution in [0.1, 0.15) is 22.9 Å². The van der Waals surface area contributed by atoms with Gasteiger partial charge in [-0.2, -0.15) is 0 Å². The van der Waals surface area contributed by atoms with Gasteiger partial charge in [-0.15, -0.1) is 11.3 Å². The van der Waals surface area contributed by atoms with Crippen molar-refractivity contribution in [3.8, 4) is 44.6 Å². The van der Waals surface area contributed by atoms with Crippen molar-refractivity contribution in [3.05, 3.63) is 235 Å². The minimum absolute atomic E-state index is 0.335. The van der Waals surface area contributed by atoms with Crippen LogP contribution in [0.25, 0.3) is 86.5 Å². The van der Waals surface area contributed by atoms with Crippen LogP contribution in [0.2, 0.25) is 0 Å². The van der Waals surface area contributed by atoms with E-state index in [0.29, 0.717) is 5.84 Å². The molecule has 1 unspecified atom stereocenters. The first-order chi connectivity index (χ1) is 31.2. The SMILES string of the molecule is c1ccc(-c2cccc(C3=NC(c4cccc(-c5ccccc5)c4)NC(c4ccc(-c5ccc6sc7c(ccc8c(-c9ccccc9)nc9ccccc9c87)c6c5)cc4)=N3)c2)cc1. The molecule has 1 aliphatic heterocycles. The maximum absolute atomic E-state index is 5.25. The topological polar surface area (TPSA) is 49.6 Å². The summed E-state index contributed by atoms with van der Waals surface area (Å²) in [6.07, 6.45) is -0.335. The molecule has 5 heteroatoms. The summed E-state index contributed by atoms with van der Waals surface area (Å²) in [6.45, 7) is 0. The van der Waals surface area contributed by atoms with Crippen LogP contribution in [0.4, 0.5) is 0 Å². The molecule has 0 amide bonds. The molecule has 9 aromatic carbocycles. The number of fused-ring (bicyclic) bond motifs is 7. The number of para-hydroxylation sites is 1. The Morgan fingerprint density at radius 2 is 0.968 bits per heavy atom. The van der Waals surface area contributed by atoms with E-state index < -0.39 is 0 Å². The van der Waals surface area contributed by atoms with Crippen LogP contribution >= 0.6 is 11.3 Å². The highest BCUT2D eigenvalue weighted by Crippen LogP contribution is 2.44. The molecule has 12 rings (SSSR count). The van der Waals surface area contributed by atoms with E-state index in [2.05, 4.69) is 218 Å². The molecule has 296 valence electrons. The Balaban J connectivity index is 0.922. The minimum Gasteiger partial charge on any atom is -0.344 e. The maximum Gasteiger partial charge on any atom is 0.159 e. The molecular formula is C58H38N4S. The highest BCUT2D eigenvalue weighted by Gasteiger charge is 2.22. The van der Waals surface area contributed by atoms with E-state index in [9.17, 15) is 0 Å². The monoisotopic (exact) mass is 822 g/mol. The van der Waals surface area contributed by atoms with Crippen molar-refractivity contribution in [2.24, 2.45) is 9.98 Å². The summed E-state index contributed by atoms with van der Waals surface area (Å²) in [5.74, 6) is 1.48. The second kappa shape index (κ2) is 15.5. The zero-order valence-corrected chi connectivity index (χ0v) is 34.9. The quantitative estimate of drug-likeness (QED) is 0.163. The van der Waals surface area contributed by atoms with Gasteiger partial charge in [0.2, 0.25) is 0 Å². The standard InChI is InChI=1S/C58H38N4S/c1-4-14-37(15-5-1)42-20-12-22-45(34-42)57-60-56(61-58(62-57)46-23-13-21-43(35-46)38-16-6-2-7-17-38)41-28-26-39(27-29-41)44-30-33-52-50(36-44)47-31-32-49-53(55(47)63-52)48-24-10-11-25-51(48)59-54(49)40-18-8-3-9-19-40/h1-36,57H,(H,60,61,62). The van der Waals surface area contributed by atoms with E-state index in [1.807, 2.05) is 17.4 Å². The Hall–Kier alpha value is -7.99. The minimum atomic E-state index is -0.335. The number of hydrogen-bond donors (Lipinski definition) is 1. The average molecular weight is 823 g/mol. The fraction of sp³-hybridized carbons (Fsp3) is 0.0172. The van der Waals surface area contributed by atoms with Crippen LogP contribution in [0.15, 0.2) is 228 Å². The number of aliphatic imine (C=N–C) groups is 2. The van der Waals surface area contributed by atoms with Gasteiger partial charge in [0.05, 0.1) is 11.2 Å². The van der Waals surface area contributed by atoms with E-state index in [1.165, 1.54) is 47.5 Å². The van der Waals surface area contributed by atoms with Crippen molar-refractivity contribution in [1.82, 2.24) is 10.3 Å². The Morgan fingerprint density at radius 3 is 1.73 bits per heavy atom. The number of rotatable bonds is 7. The largest absolute Gasteiger partial charge is 0.344 e. The molecule has 0 saturated carbocycles. The fourth-order valence-corrected chi connectivity index (χ4v) is 10.2. The second-order valence-corrected chi connectivity index (χ2v) is 17.0. The zero-order chi connectivity index (χ0) is 41.7.